The number of carbonyl (C=O) groups is 1. The van der Waals surface area contributed by atoms with Gasteiger partial charge < -0.3 is 5.32 Å². The highest BCUT2D eigenvalue weighted by molar-refractivity contribution is 5.91. The van der Waals surface area contributed by atoms with Crippen LogP contribution < -0.4 is 16.6 Å². The maximum Gasteiger partial charge on any atom is 0.352 e. The van der Waals surface area contributed by atoms with Gasteiger partial charge in [0.1, 0.15) is 5.82 Å². The predicted octanol–water partition coefficient (Wildman–Crippen LogP) is 2.22. The molecule has 1 N–H and O–H groups in total. The lowest BCUT2D eigenvalue weighted by Crippen LogP contribution is -2.46. The molecule has 4 rings (SSSR count). The average Bonchev–Trinajstić information content (AvgIpc) is 2.83. The Kier molecular flexibility index (Phi) is 6.21. The molecule has 0 unspecified atom stereocenters. The molecule has 0 aliphatic heterocycles. The summed E-state index contributed by atoms with van der Waals surface area (Å²) in [5.41, 5.74) is -0.130. The Morgan fingerprint density at radius 1 is 1.00 bits per heavy atom. The van der Waals surface area contributed by atoms with Crippen LogP contribution in [0, 0.1) is 12.7 Å². The van der Waals surface area contributed by atoms with Gasteiger partial charge in [0, 0.05) is 11.8 Å². The number of pyridine rings is 1. The van der Waals surface area contributed by atoms with E-state index < -0.39 is 28.7 Å². The number of benzene rings is 2. The van der Waals surface area contributed by atoms with Gasteiger partial charge in [-0.1, -0.05) is 42.0 Å². The van der Waals surface area contributed by atoms with Crippen molar-refractivity contribution in [1.82, 2.24) is 24.6 Å². The summed E-state index contributed by atoms with van der Waals surface area (Å²) in [5, 5.41) is 6.65. The van der Waals surface area contributed by atoms with E-state index in [0.29, 0.717) is 11.4 Å². The van der Waals surface area contributed by atoms with Crippen molar-refractivity contribution in [3.8, 4) is 5.69 Å². The van der Waals surface area contributed by atoms with Crippen molar-refractivity contribution in [3.63, 3.8) is 0 Å². The van der Waals surface area contributed by atoms with Crippen LogP contribution in [-0.2, 0) is 13.1 Å². The van der Waals surface area contributed by atoms with Crippen LogP contribution in [0.25, 0.3) is 5.69 Å². The lowest BCUT2D eigenvalue weighted by Gasteiger charge is -2.13. The van der Waals surface area contributed by atoms with Crippen LogP contribution in [0.1, 0.15) is 27.3 Å². The van der Waals surface area contributed by atoms with E-state index in [0.717, 1.165) is 14.8 Å². The van der Waals surface area contributed by atoms with Crippen molar-refractivity contribution < 1.29 is 9.18 Å². The van der Waals surface area contributed by atoms with Crippen LogP contribution in [0.3, 0.4) is 0 Å². The summed E-state index contributed by atoms with van der Waals surface area (Å²) in [6, 6.07) is 17.9. The number of aromatic nitrogens is 4. The molecule has 8 nitrogen and oxygen atoms in total. The average molecular weight is 445 g/mol. The van der Waals surface area contributed by atoms with Crippen molar-refractivity contribution in [1.29, 1.82) is 0 Å². The summed E-state index contributed by atoms with van der Waals surface area (Å²) in [4.78, 5) is 43.2. The van der Waals surface area contributed by atoms with Crippen LogP contribution in [0.2, 0.25) is 0 Å². The quantitative estimate of drug-likeness (QED) is 0.491. The van der Waals surface area contributed by atoms with E-state index >= 15 is 0 Å². The normalized spacial score (nSPS) is 10.7. The fraction of sp³-hybridized carbons (Fsp3) is 0.125. The smallest absolute Gasteiger partial charge is 0.345 e. The fourth-order valence-electron chi connectivity index (χ4n) is 3.20. The molecule has 1 amide bonds. The molecule has 33 heavy (non-hydrogen) atoms. The Hall–Kier alpha value is -4.40. The number of hydrogen-bond donors (Lipinski definition) is 1. The number of hydrogen-bond acceptors (Lipinski definition) is 5. The van der Waals surface area contributed by atoms with E-state index in [1.54, 1.807) is 54.7 Å². The molecule has 0 fully saturated rings. The Morgan fingerprint density at radius 2 is 1.73 bits per heavy atom. The van der Waals surface area contributed by atoms with E-state index in [1.807, 2.05) is 6.92 Å². The molecule has 166 valence electrons. The van der Waals surface area contributed by atoms with E-state index in [1.165, 1.54) is 18.2 Å². The van der Waals surface area contributed by atoms with Crippen LogP contribution >= 0.6 is 0 Å². The third-order valence-corrected chi connectivity index (χ3v) is 5.00. The highest BCUT2D eigenvalue weighted by atomic mass is 19.1. The first-order valence-corrected chi connectivity index (χ1v) is 10.2. The van der Waals surface area contributed by atoms with Crippen LogP contribution in [0.4, 0.5) is 4.39 Å². The molecule has 0 saturated carbocycles. The summed E-state index contributed by atoms with van der Waals surface area (Å²) >= 11 is 0. The second-order valence-corrected chi connectivity index (χ2v) is 7.36. The van der Waals surface area contributed by atoms with Gasteiger partial charge in [-0.15, -0.1) is 0 Å². The Balaban J connectivity index is 1.79. The first-order valence-electron chi connectivity index (χ1n) is 10.2. The number of nitrogens with zero attached hydrogens (tertiary/aromatic N) is 4. The third kappa shape index (κ3) is 4.77. The summed E-state index contributed by atoms with van der Waals surface area (Å²) in [5.74, 6) is -1.34. The van der Waals surface area contributed by atoms with E-state index in [-0.39, 0.29) is 18.7 Å². The molecule has 2 aromatic carbocycles. The highest BCUT2D eigenvalue weighted by Crippen LogP contribution is 2.08. The van der Waals surface area contributed by atoms with Crippen molar-refractivity contribution in [2.75, 3.05) is 0 Å². The van der Waals surface area contributed by atoms with Crippen LogP contribution in [0.5, 0.6) is 0 Å². The molecule has 0 atom stereocenters. The number of nitrogens with one attached hydrogen (secondary N) is 1. The van der Waals surface area contributed by atoms with E-state index in [2.05, 4.69) is 15.4 Å². The van der Waals surface area contributed by atoms with Gasteiger partial charge in [0.25, 0.3) is 11.5 Å². The van der Waals surface area contributed by atoms with Gasteiger partial charge in [0.2, 0.25) is 5.69 Å². The zero-order chi connectivity index (χ0) is 23.4. The maximum atomic E-state index is 14.2. The van der Waals surface area contributed by atoms with Gasteiger partial charge in [-0.05, 0) is 37.3 Å². The summed E-state index contributed by atoms with van der Waals surface area (Å²) < 4.78 is 16.0. The molecule has 2 aromatic heterocycles. The minimum absolute atomic E-state index is 0.0672. The SMILES string of the molecule is Cc1ccc(-n2nc(C(=O)NCc3ccccn3)c(=O)n(Cc3ccccc3F)c2=O)cc1. The lowest BCUT2D eigenvalue weighted by molar-refractivity contribution is 0.0940. The predicted molar refractivity (Wildman–Crippen MR) is 120 cm³/mol. The minimum atomic E-state index is -0.912. The van der Waals surface area contributed by atoms with Crippen molar-refractivity contribution in [3.05, 3.63) is 122 Å². The number of rotatable bonds is 6. The van der Waals surface area contributed by atoms with Crippen molar-refractivity contribution in [2.24, 2.45) is 0 Å². The summed E-state index contributed by atoms with van der Waals surface area (Å²) in [6.45, 7) is 1.60. The number of carbonyl (C=O) groups excluding carboxylic acids is 1. The molecule has 0 spiro atoms. The van der Waals surface area contributed by atoms with Gasteiger partial charge >= 0.3 is 5.69 Å². The molecule has 0 aliphatic rings. The zero-order valence-electron chi connectivity index (χ0n) is 17.7. The zero-order valence-corrected chi connectivity index (χ0v) is 17.7. The Labute approximate surface area is 188 Å². The summed E-state index contributed by atoms with van der Waals surface area (Å²) in [6.07, 6.45) is 1.58. The van der Waals surface area contributed by atoms with Crippen molar-refractivity contribution in [2.45, 2.75) is 20.0 Å². The largest absolute Gasteiger partial charge is 0.352 e. The molecular formula is C24H20FN5O3. The van der Waals surface area contributed by atoms with Gasteiger partial charge in [0.05, 0.1) is 24.5 Å². The van der Waals surface area contributed by atoms with Gasteiger partial charge in [-0.25, -0.2) is 9.18 Å². The third-order valence-electron chi connectivity index (χ3n) is 5.00. The summed E-state index contributed by atoms with van der Waals surface area (Å²) in [7, 11) is 0. The second-order valence-electron chi connectivity index (χ2n) is 7.36. The van der Waals surface area contributed by atoms with Gasteiger partial charge in [-0.2, -0.15) is 9.78 Å². The number of aryl methyl sites for hydroxylation is 1. The number of amides is 1. The van der Waals surface area contributed by atoms with Gasteiger partial charge in [0.15, 0.2) is 0 Å². The fourth-order valence-corrected chi connectivity index (χ4v) is 3.20. The molecule has 0 bridgehead atoms. The first kappa shape index (κ1) is 21.8. The highest BCUT2D eigenvalue weighted by Gasteiger charge is 2.21. The first-order chi connectivity index (χ1) is 15.9. The Morgan fingerprint density at radius 3 is 2.42 bits per heavy atom. The van der Waals surface area contributed by atoms with Crippen molar-refractivity contribution >= 4 is 5.91 Å². The Bertz CT molecular complexity index is 1410. The molecule has 4 aromatic rings. The lowest BCUT2D eigenvalue weighted by atomic mass is 10.2. The molecular weight excluding hydrogens is 425 g/mol. The molecule has 9 heteroatoms. The molecule has 2 heterocycles. The molecule has 0 aliphatic carbocycles. The standard InChI is InChI=1S/C24H20FN5O3/c1-16-9-11-19(12-10-16)30-24(33)29(15-17-6-2-3-8-20(17)25)23(32)21(28-30)22(31)27-14-18-7-4-5-13-26-18/h2-13H,14-15H2,1H3,(H,27,31). The van der Waals surface area contributed by atoms with E-state index in [4.69, 9.17) is 0 Å². The van der Waals surface area contributed by atoms with Crippen LogP contribution in [-0.4, -0.2) is 25.2 Å². The molecule has 0 saturated heterocycles. The minimum Gasteiger partial charge on any atom is -0.345 e. The van der Waals surface area contributed by atoms with Gasteiger partial charge in [-0.3, -0.25) is 19.1 Å². The maximum absolute atomic E-state index is 14.2. The monoisotopic (exact) mass is 445 g/mol. The van der Waals surface area contributed by atoms with Crippen LogP contribution in [0.15, 0.2) is 82.5 Å². The molecule has 0 radical (unpaired) electrons. The number of halogens is 1. The second kappa shape index (κ2) is 9.39. The van der Waals surface area contributed by atoms with E-state index in [9.17, 15) is 18.8 Å². The topological polar surface area (TPSA) is 98.9 Å².